The Morgan fingerprint density at radius 2 is 0.625 bits per heavy atom. The fraction of sp³-hybridized carbons (Fsp3) is 0.892. The fourth-order valence-electron chi connectivity index (χ4n) is 11.4. The fourth-order valence-corrected chi connectivity index (χ4v) is 11.4. The first-order chi connectivity index (χ1) is 39.5. The van der Waals surface area contributed by atoms with Crippen molar-refractivity contribution in [3.05, 3.63) is 36.5 Å². The van der Waals surface area contributed by atoms with Crippen molar-refractivity contribution >= 4 is 11.9 Å². The van der Waals surface area contributed by atoms with Gasteiger partial charge < -0.3 is 20.3 Å². The maximum absolute atomic E-state index is 12.5. The summed E-state index contributed by atoms with van der Waals surface area (Å²) in [5.74, 6) is -0.0248. The van der Waals surface area contributed by atoms with Gasteiger partial charge in [0.15, 0.2) is 0 Å². The second-order valence-electron chi connectivity index (χ2n) is 24.9. The molecule has 2 unspecified atom stereocenters. The maximum atomic E-state index is 12.5. The number of rotatable bonds is 68. The molecule has 0 aliphatic heterocycles. The molecule has 80 heavy (non-hydrogen) atoms. The topological polar surface area (TPSA) is 95.9 Å². The van der Waals surface area contributed by atoms with Gasteiger partial charge in [-0.05, 0) is 83.5 Å². The van der Waals surface area contributed by atoms with Crippen molar-refractivity contribution < 1.29 is 24.5 Å². The predicted molar refractivity (Wildman–Crippen MR) is 352 cm³/mol. The average molecular weight is 1120 g/mol. The van der Waals surface area contributed by atoms with Gasteiger partial charge in [0.1, 0.15) is 0 Å². The van der Waals surface area contributed by atoms with E-state index in [0.717, 1.165) is 51.4 Å². The summed E-state index contributed by atoms with van der Waals surface area (Å²) in [4.78, 5) is 24.6. The van der Waals surface area contributed by atoms with Crippen molar-refractivity contribution in [2.75, 3.05) is 13.2 Å². The number of hydrogen-bond donors (Lipinski definition) is 3. The second-order valence-corrected chi connectivity index (χ2v) is 24.9. The summed E-state index contributed by atoms with van der Waals surface area (Å²) >= 11 is 0. The number of nitrogens with one attached hydrogen (secondary N) is 1. The number of allylic oxidation sites excluding steroid dienone is 6. The number of hydrogen-bond acceptors (Lipinski definition) is 5. The lowest BCUT2D eigenvalue weighted by Gasteiger charge is -2.22. The van der Waals surface area contributed by atoms with Crippen LogP contribution in [0.3, 0.4) is 0 Å². The van der Waals surface area contributed by atoms with E-state index in [1.807, 2.05) is 0 Å². The van der Waals surface area contributed by atoms with Gasteiger partial charge in [-0.15, -0.1) is 0 Å². The number of amides is 1. The van der Waals surface area contributed by atoms with Crippen molar-refractivity contribution in [3.63, 3.8) is 0 Å². The summed E-state index contributed by atoms with van der Waals surface area (Å²) < 4.78 is 5.49. The molecular formula is C74H141NO5. The minimum absolute atomic E-state index is 0.00454. The van der Waals surface area contributed by atoms with Crippen LogP contribution in [-0.4, -0.2) is 47.4 Å². The molecule has 0 rings (SSSR count). The Hall–Kier alpha value is -1.92. The van der Waals surface area contributed by atoms with E-state index in [0.29, 0.717) is 25.9 Å². The molecule has 0 spiro atoms. The molecule has 1 amide bonds. The standard InChI is InChI=1S/C74H141NO5/c1-3-5-7-9-11-13-15-17-19-39-42-46-50-54-58-62-66-72(77)71(70-76)75-73(78)67-63-59-55-51-47-43-40-36-34-32-30-28-26-24-22-20-21-23-25-27-29-31-33-35-37-41-45-49-53-57-61-65-69-80-74(79)68-64-60-56-52-48-44-38-18-16-14-12-10-8-6-4-2/h12,14,18,23,25,38,71-72,76-77H,3-11,13,15-17,19-22,24,26-37,39-70H2,1-2H3,(H,75,78)/b14-12-,25-23-,38-18-. The summed E-state index contributed by atoms with van der Waals surface area (Å²) in [6.45, 7) is 4.95. The minimum Gasteiger partial charge on any atom is -0.466 e. The molecule has 0 radical (unpaired) electrons. The lowest BCUT2D eigenvalue weighted by molar-refractivity contribution is -0.143. The van der Waals surface area contributed by atoms with Crippen LogP contribution >= 0.6 is 0 Å². The monoisotopic (exact) mass is 1120 g/mol. The second kappa shape index (κ2) is 69.6. The van der Waals surface area contributed by atoms with Crippen molar-refractivity contribution in [1.29, 1.82) is 0 Å². The molecule has 0 heterocycles. The van der Waals surface area contributed by atoms with Crippen molar-refractivity contribution in [1.82, 2.24) is 5.32 Å². The average Bonchev–Trinajstić information content (AvgIpc) is 3.46. The lowest BCUT2D eigenvalue weighted by atomic mass is 10.0. The van der Waals surface area contributed by atoms with Gasteiger partial charge in [-0.1, -0.05) is 339 Å². The SMILES string of the molecule is CCCCC/C=C\C/C=C\CCCCCCCC(=O)OCCCCCCCCCCCCCC/C=C\CCCCCCCCCCCCCCCCCCC(=O)NC(CO)C(O)CCCCCCCCCCCCCCCCCC. The molecule has 0 aromatic carbocycles. The molecule has 0 fully saturated rings. The number of esters is 1. The highest BCUT2D eigenvalue weighted by molar-refractivity contribution is 5.76. The van der Waals surface area contributed by atoms with Crippen LogP contribution in [0, 0.1) is 0 Å². The maximum Gasteiger partial charge on any atom is 0.305 e. The summed E-state index contributed by atoms with van der Waals surface area (Å²) in [7, 11) is 0. The zero-order valence-electron chi connectivity index (χ0n) is 54.1. The Kier molecular flexibility index (Phi) is 67.9. The van der Waals surface area contributed by atoms with E-state index < -0.39 is 12.1 Å². The van der Waals surface area contributed by atoms with Crippen LogP contribution in [0.5, 0.6) is 0 Å². The summed E-state index contributed by atoms with van der Waals surface area (Å²) in [6, 6.07) is -0.540. The van der Waals surface area contributed by atoms with Crippen LogP contribution in [0.1, 0.15) is 399 Å². The third kappa shape index (κ3) is 65.2. The first-order valence-electron chi connectivity index (χ1n) is 36.2. The summed E-state index contributed by atoms with van der Waals surface area (Å²) in [5, 5.41) is 23.4. The third-order valence-corrected chi connectivity index (χ3v) is 16.9. The van der Waals surface area contributed by atoms with E-state index >= 15 is 0 Å². The Bertz CT molecular complexity index is 1300. The smallest absolute Gasteiger partial charge is 0.305 e. The highest BCUT2D eigenvalue weighted by Crippen LogP contribution is 2.19. The first-order valence-corrected chi connectivity index (χ1v) is 36.2. The normalized spacial score (nSPS) is 12.7. The highest BCUT2D eigenvalue weighted by Gasteiger charge is 2.20. The molecule has 0 aromatic rings. The van der Waals surface area contributed by atoms with Gasteiger partial charge >= 0.3 is 5.97 Å². The molecule has 6 heteroatoms. The van der Waals surface area contributed by atoms with Crippen LogP contribution in [0.4, 0.5) is 0 Å². The Balaban J connectivity index is 3.35. The van der Waals surface area contributed by atoms with E-state index in [9.17, 15) is 19.8 Å². The van der Waals surface area contributed by atoms with Crippen LogP contribution in [0.2, 0.25) is 0 Å². The number of aliphatic hydroxyl groups is 2. The van der Waals surface area contributed by atoms with Crippen molar-refractivity contribution in [3.8, 4) is 0 Å². The summed E-state index contributed by atoms with van der Waals surface area (Å²) in [6.07, 6.45) is 89.2. The zero-order chi connectivity index (χ0) is 57.8. The molecular weight excluding hydrogens is 983 g/mol. The molecule has 0 aliphatic rings. The Morgan fingerprint density at radius 1 is 0.350 bits per heavy atom. The molecule has 0 aromatic heterocycles. The molecule has 0 bridgehead atoms. The molecule has 0 aliphatic carbocycles. The molecule has 0 saturated carbocycles. The van der Waals surface area contributed by atoms with E-state index in [1.54, 1.807) is 0 Å². The highest BCUT2D eigenvalue weighted by atomic mass is 16.5. The van der Waals surface area contributed by atoms with Crippen LogP contribution in [-0.2, 0) is 14.3 Å². The van der Waals surface area contributed by atoms with Crippen molar-refractivity contribution in [2.45, 2.75) is 411 Å². The number of carbonyl (C=O) groups excluding carboxylic acids is 2. The van der Waals surface area contributed by atoms with E-state index in [2.05, 4.69) is 55.6 Å². The number of ether oxygens (including phenoxy) is 1. The van der Waals surface area contributed by atoms with E-state index in [4.69, 9.17) is 4.74 Å². The van der Waals surface area contributed by atoms with Crippen LogP contribution in [0.15, 0.2) is 36.5 Å². The first kappa shape index (κ1) is 78.1. The predicted octanol–water partition coefficient (Wildman–Crippen LogP) is 23.5. The van der Waals surface area contributed by atoms with E-state index in [1.165, 1.54) is 315 Å². The number of aliphatic hydroxyl groups excluding tert-OH is 2. The van der Waals surface area contributed by atoms with Crippen LogP contribution < -0.4 is 5.32 Å². The third-order valence-electron chi connectivity index (χ3n) is 16.9. The van der Waals surface area contributed by atoms with Crippen LogP contribution in [0.25, 0.3) is 0 Å². The quantitative estimate of drug-likeness (QED) is 0.0320. The Labute approximate surface area is 500 Å². The zero-order valence-corrected chi connectivity index (χ0v) is 54.1. The molecule has 2 atom stereocenters. The number of carbonyl (C=O) groups is 2. The van der Waals surface area contributed by atoms with E-state index in [-0.39, 0.29) is 18.5 Å². The molecule has 0 saturated heterocycles. The van der Waals surface area contributed by atoms with Gasteiger partial charge in [0, 0.05) is 12.8 Å². The lowest BCUT2D eigenvalue weighted by Crippen LogP contribution is -2.45. The van der Waals surface area contributed by atoms with Gasteiger partial charge in [0.2, 0.25) is 5.91 Å². The largest absolute Gasteiger partial charge is 0.466 e. The Morgan fingerprint density at radius 3 is 0.988 bits per heavy atom. The molecule has 6 nitrogen and oxygen atoms in total. The number of unbranched alkanes of at least 4 members (excludes halogenated alkanes) is 51. The molecule has 472 valence electrons. The summed E-state index contributed by atoms with van der Waals surface area (Å²) in [5.41, 5.74) is 0. The van der Waals surface area contributed by atoms with Gasteiger partial charge in [-0.3, -0.25) is 9.59 Å². The molecule has 3 N–H and O–H groups in total. The van der Waals surface area contributed by atoms with Gasteiger partial charge in [-0.2, -0.15) is 0 Å². The van der Waals surface area contributed by atoms with Gasteiger partial charge in [0.05, 0.1) is 25.4 Å². The van der Waals surface area contributed by atoms with Crippen molar-refractivity contribution in [2.24, 2.45) is 0 Å². The minimum atomic E-state index is -0.663. The van der Waals surface area contributed by atoms with Gasteiger partial charge in [-0.25, -0.2) is 0 Å². The van der Waals surface area contributed by atoms with Gasteiger partial charge in [0.25, 0.3) is 0 Å².